The molecule has 1 aliphatic heterocycles. The predicted octanol–water partition coefficient (Wildman–Crippen LogP) is 6.32. The highest BCUT2D eigenvalue weighted by Crippen LogP contribution is 2.41. The summed E-state index contributed by atoms with van der Waals surface area (Å²) < 4.78 is 16.1. The number of hydrogen-bond donors (Lipinski definition) is 2. The first-order chi connectivity index (χ1) is 17.1. The Morgan fingerprint density at radius 3 is 2.51 bits per heavy atom. The van der Waals surface area contributed by atoms with Gasteiger partial charge in [-0.2, -0.15) is 0 Å². The second kappa shape index (κ2) is 8.84. The summed E-state index contributed by atoms with van der Waals surface area (Å²) in [6.45, 7) is 3.98. The number of nitrogens with zero attached hydrogens (tertiary/aromatic N) is 3. The number of imidazole rings is 1. The number of piperidine rings is 1. The van der Waals surface area contributed by atoms with E-state index in [2.05, 4.69) is 45.1 Å². The van der Waals surface area contributed by atoms with E-state index in [0.29, 0.717) is 23.4 Å². The highest BCUT2D eigenvalue weighted by Gasteiger charge is 2.31. The Kier molecular flexibility index (Phi) is 5.51. The standard InChI is InChI=1S/C29H30FN5/c1-19-17-23(9-12-25(19)28(31)20-5-4-6-21(30)18-20)32-22-13-15-34(16-14-22)29-33-26-7-2-3-8-27(26)35(29)24-10-11-24/h2-9,12,17-18,22,24,31-32H,10-11,13-16H2,1H3. The van der Waals surface area contributed by atoms with Gasteiger partial charge in [-0.1, -0.05) is 30.3 Å². The third-order valence-electron chi connectivity index (χ3n) is 7.25. The maximum atomic E-state index is 13.6. The third-order valence-corrected chi connectivity index (χ3v) is 7.25. The summed E-state index contributed by atoms with van der Waals surface area (Å²) in [5, 5.41) is 12.2. The maximum Gasteiger partial charge on any atom is 0.206 e. The van der Waals surface area contributed by atoms with Crippen molar-refractivity contribution < 1.29 is 4.39 Å². The molecule has 1 saturated carbocycles. The van der Waals surface area contributed by atoms with E-state index in [4.69, 9.17) is 10.4 Å². The molecular weight excluding hydrogens is 437 g/mol. The van der Waals surface area contributed by atoms with Gasteiger partial charge >= 0.3 is 0 Å². The minimum atomic E-state index is -0.317. The molecule has 2 N–H and O–H groups in total. The van der Waals surface area contributed by atoms with Gasteiger partial charge in [0.15, 0.2) is 0 Å². The predicted molar refractivity (Wildman–Crippen MR) is 140 cm³/mol. The van der Waals surface area contributed by atoms with Crippen LogP contribution in [-0.2, 0) is 0 Å². The zero-order valence-electron chi connectivity index (χ0n) is 20.0. The van der Waals surface area contributed by atoms with Crippen molar-refractivity contribution in [3.63, 3.8) is 0 Å². The molecule has 0 bridgehead atoms. The molecule has 2 heterocycles. The molecule has 0 unspecified atom stereocenters. The van der Waals surface area contributed by atoms with Gasteiger partial charge in [0.25, 0.3) is 0 Å². The smallest absolute Gasteiger partial charge is 0.206 e. The first kappa shape index (κ1) is 21.8. The Labute approximate surface area is 205 Å². The van der Waals surface area contributed by atoms with E-state index < -0.39 is 0 Å². The molecule has 3 aromatic carbocycles. The number of hydrogen-bond acceptors (Lipinski definition) is 4. The van der Waals surface area contributed by atoms with Crippen LogP contribution in [0.1, 0.15) is 48.4 Å². The number of benzene rings is 3. The molecule has 0 spiro atoms. The van der Waals surface area contributed by atoms with E-state index >= 15 is 0 Å². The van der Waals surface area contributed by atoms with Gasteiger partial charge in [-0.05, 0) is 74.6 Å². The Morgan fingerprint density at radius 2 is 1.77 bits per heavy atom. The molecule has 5 nitrogen and oxygen atoms in total. The molecule has 1 aromatic heterocycles. The molecule has 6 rings (SSSR count). The second-order valence-electron chi connectivity index (χ2n) is 9.82. The van der Waals surface area contributed by atoms with Crippen molar-refractivity contribution in [1.29, 1.82) is 5.41 Å². The van der Waals surface area contributed by atoms with E-state index in [0.717, 1.165) is 54.2 Å². The molecule has 1 aliphatic carbocycles. The fourth-order valence-corrected chi connectivity index (χ4v) is 5.24. The van der Waals surface area contributed by atoms with Crippen LogP contribution < -0.4 is 10.2 Å². The van der Waals surface area contributed by atoms with Gasteiger partial charge < -0.3 is 14.8 Å². The molecule has 2 aliphatic rings. The number of aryl methyl sites for hydroxylation is 1. The molecule has 35 heavy (non-hydrogen) atoms. The molecule has 178 valence electrons. The number of rotatable bonds is 6. The first-order valence-corrected chi connectivity index (χ1v) is 12.5. The normalized spacial score (nSPS) is 16.6. The Morgan fingerprint density at radius 1 is 0.971 bits per heavy atom. The number of nitrogens with one attached hydrogen (secondary N) is 2. The van der Waals surface area contributed by atoms with Gasteiger partial charge in [0.05, 0.1) is 16.7 Å². The summed E-state index contributed by atoms with van der Waals surface area (Å²) in [6.07, 6.45) is 4.59. The van der Waals surface area contributed by atoms with Crippen LogP contribution in [0.25, 0.3) is 11.0 Å². The molecule has 0 radical (unpaired) electrons. The molecule has 2 fully saturated rings. The zero-order valence-corrected chi connectivity index (χ0v) is 20.0. The van der Waals surface area contributed by atoms with Crippen molar-refractivity contribution >= 4 is 28.4 Å². The summed E-state index contributed by atoms with van der Waals surface area (Å²) in [5.74, 6) is 0.811. The first-order valence-electron chi connectivity index (χ1n) is 12.5. The van der Waals surface area contributed by atoms with Gasteiger partial charge in [-0.25, -0.2) is 9.37 Å². The lowest BCUT2D eigenvalue weighted by Gasteiger charge is -2.34. The van der Waals surface area contributed by atoms with E-state index in [1.54, 1.807) is 12.1 Å². The summed E-state index contributed by atoms with van der Waals surface area (Å²) in [4.78, 5) is 7.45. The fraction of sp³-hybridized carbons (Fsp3) is 0.310. The van der Waals surface area contributed by atoms with Crippen LogP contribution in [0.5, 0.6) is 0 Å². The summed E-state index contributed by atoms with van der Waals surface area (Å²) >= 11 is 0. The van der Waals surface area contributed by atoms with Crippen LogP contribution >= 0.6 is 0 Å². The van der Waals surface area contributed by atoms with E-state index in [1.165, 1.54) is 30.5 Å². The van der Waals surface area contributed by atoms with Crippen molar-refractivity contribution in [3.05, 3.63) is 89.2 Å². The van der Waals surface area contributed by atoms with Gasteiger partial charge in [0.1, 0.15) is 5.82 Å². The van der Waals surface area contributed by atoms with Crippen LogP contribution in [0.2, 0.25) is 0 Å². The van der Waals surface area contributed by atoms with Gasteiger partial charge in [0, 0.05) is 42.0 Å². The molecule has 4 aromatic rings. The van der Waals surface area contributed by atoms with E-state index in [1.807, 2.05) is 19.1 Å². The Balaban J connectivity index is 1.13. The van der Waals surface area contributed by atoms with Crippen molar-refractivity contribution in [2.45, 2.75) is 44.7 Å². The quantitative estimate of drug-likeness (QED) is 0.327. The summed E-state index contributed by atoms with van der Waals surface area (Å²) in [6, 6.07) is 21.8. The van der Waals surface area contributed by atoms with Crippen molar-refractivity contribution in [2.75, 3.05) is 23.3 Å². The van der Waals surface area contributed by atoms with Gasteiger partial charge in [0.2, 0.25) is 5.95 Å². The highest BCUT2D eigenvalue weighted by molar-refractivity contribution is 6.11. The lowest BCUT2D eigenvalue weighted by Crippen LogP contribution is -2.40. The van der Waals surface area contributed by atoms with E-state index in [9.17, 15) is 4.39 Å². The minimum Gasteiger partial charge on any atom is -0.382 e. The Bertz CT molecular complexity index is 1400. The average Bonchev–Trinajstić information content (AvgIpc) is 3.63. The van der Waals surface area contributed by atoms with E-state index in [-0.39, 0.29) is 5.82 Å². The number of halogens is 1. The lowest BCUT2D eigenvalue weighted by molar-refractivity contribution is 0.513. The van der Waals surface area contributed by atoms with Crippen LogP contribution in [-0.4, -0.2) is 34.4 Å². The molecule has 6 heteroatoms. The third kappa shape index (κ3) is 4.29. The summed E-state index contributed by atoms with van der Waals surface area (Å²) in [5.41, 5.74) is 6.20. The number of aromatic nitrogens is 2. The zero-order chi connectivity index (χ0) is 23.9. The van der Waals surface area contributed by atoms with Crippen molar-refractivity contribution in [1.82, 2.24) is 9.55 Å². The van der Waals surface area contributed by atoms with Gasteiger partial charge in [-0.15, -0.1) is 0 Å². The highest BCUT2D eigenvalue weighted by atomic mass is 19.1. The minimum absolute atomic E-state index is 0.317. The summed E-state index contributed by atoms with van der Waals surface area (Å²) in [7, 11) is 0. The van der Waals surface area contributed by atoms with Crippen LogP contribution in [0, 0.1) is 18.2 Å². The Hall–Kier alpha value is -3.67. The lowest BCUT2D eigenvalue weighted by atomic mass is 9.97. The fourth-order valence-electron chi connectivity index (χ4n) is 5.24. The molecular formula is C29H30FN5. The van der Waals surface area contributed by atoms with Gasteiger partial charge in [-0.3, -0.25) is 5.41 Å². The number of anilines is 2. The molecule has 1 saturated heterocycles. The van der Waals surface area contributed by atoms with Crippen molar-refractivity contribution in [2.24, 2.45) is 0 Å². The SMILES string of the molecule is Cc1cc(NC2CCN(c3nc4ccccc4n3C3CC3)CC2)ccc1C(=N)c1cccc(F)c1. The monoisotopic (exact) mass is 467 g/mol. The van der Waals surface area contributed by atoms with Crippen LogP contribution in [0.3, 0.4) is 0 Å². The maximum absolute atomic E-state index is 13.6. The topological polar surface area (TPSA) is 56.9 Å². The number of fused-ring (bicyclic) bond motifs is 1. The van der Waals surface area contributed by atoms with Crippen molar-refractivity contribution in [3.8, 4) is 0 Å². The van der Waals surface area contributed by atoms with Crippen LogP contribution in [0.4, 0.5) is 16.0 Å². The average molecular weight is 468 g/mol. The largest absolute Gasteiger partial charge is 0.382 e. The molecule has 0 amide bonds. The number of para-hydroxylation sites is 2. The second-order valence-corrected chi connectivity index (χ2v) is 9.82. The van der Waals surface area contributed by atoms with Crippen LogP contribution in [0.15, 0.2) is 66.7 Å². The molecule has 0 atom stereocenters.